The van der Waals surface area contributed by atoms with Gasteiger partial charge in [-0.3, -0.25) is 4.98 Å². The van der Waals surface area contributed by atoms with E-state index in [1.807, 2.05) is 0 Å². The number of nitriles is 1. The molecule has 0 N–H and O–H groups in total. The van der Waals surface area contributed by atoms with Crippen LogP contribution < -0.4 is 0 Å². The monoisotopic (exact) mass is 364 g/mol. The Labute approximate surface area is 140 Å². The Morgan fingerprint density at radius 3 is 2.05 bits per heavy atom. The van der Waals surface area contributed by atoms with Crippen molar-refractivity contribution in [1.82, 2.24) is 4.98 Å². The van der Waals surface area contributed by atoms with Crippen LogP contribution in [0.4, 0.5) is 0 Å². The molecule has 1 heterocycles. The zero-order valence-electron chi connectivity index (χ0n) is 9.72. The predicted octanol–water partition coefficient (Wildman–Crippen LogP) is 6.08. The molecule has 2 rings (SSSR count). The number of aromatic nitrogens is 1. The zero-order chi connectivity index (χ0) is 14.9. The van der Waals surface area contributed by atoms with Crippen LogP contribution in [0.3, 0.4) is 0 Å². The Kier molecular flexibility index (Phi) is 5.01. The van der Waals surface area contributed by atoms with E-state index >= 15 is 0 Å². The summed E-state index contributed by atoms with van der Waals surface area (Å²) in [7, 11) is 0. The lowest BCUT2D eigenvalue weighted by Gasteiger charge is -2.13. The third kappa shape index (κ3) is 2.70. The Morgan fingerprint density at radius 1 is 0.950 bits per heavy atom. The number of benzene rings is 1. The molecule has 0 aliphatic heterocycles. The fraction of sp³-hybridized carbons (Fsp3) is 0.0769. The number of halogens is 5. The Morgan fingerprint density at radius 2 is 1.50 bits per heavy atom. The minimum absolute atomic E-state index is 0.0878. The lowest BCUT2D eigenvalue weighted by atomic mass is 10.0. The van der Waals surface area contributed by atoms with Gasteiger partial charge in [-0.05, 0) is 11.6 Å². The van der Waals surface area contributed by atoms with Crippen LogP contribution >= 0.6 is 58.0 Å². The van der Waals surface area contributed by atoms with Crippen LogP contribution in [0, 0.1) is 11.3 Å². The van der Waals surface area contributed by atoms with Gasteiger partial charge in [0.25, 0.3) is 0 Å². The third-order valence-electron chi connectivity index (χ3n) is 2.61. The maximum Gasteiger partial charge on any atom is 0.0809 e. The summed E-state index contributed by atoms with van der Waals surface area (Å²) in [5, 5.41) is 9.47. The van der Waals surface area contributed by atoms with Crippen LogP contribution in [0.5, 0.6) is 0 Å². The van der Waals surface area contributed by atoms with E-state index in [1.165, 1.54) is 0 Å². The molecular weight excluding hydrogens is 361 g/mol. The highest BCUT2D eigenvalue weighted by Gasteiger charge is 2.22. The van der Waals surface area contributed by atoms with E-state index < -0.39 is 0 Å². The Hall–Kier alpha value is -0.690. The van der Waals surface area contributed by atoms with E-state index in [4.69, 9.17) is 63.3 Å². The molecule has 1 aromatic carbocycles. The Bertz CT molecular complexity index is 692. The Balaban J connectivity index is 2.81. The summed E-state index contributed by atoms with van der Waals surface area (Å²) in [4.78, 5) is 4.22. The lowest BCUT2D eigenvalue weighted by molar-refractivity contribution is 1.20. The SMILES string of the molecule is N#CCc1cccnc1-c1c(Cl)c(Cl)c(Cl)c(Cl)c1Cl. The number of hydrogen-bond acceptors (Lipinski definition) is 2. The maximum atomic E-state index is 8.87. The van der Waals surface area contributed by atoms with Gasteiger partial charge in [-0.15, -0.1) is 0 Å². The molecule has 2 aromatic rings. The van der Waals surface area contributed by atoms with Crippen molar-refractivity contribution in [3.05, 3.63) is 49.0 Å². The molecule has 0 bridgehead atoms. The molecule has 0 radical (unpaired) electrons. The molecule has 0 atom stereocenters. The largest absolute Gasteiger partial charge is 0.256 e. The smallest absolute Gasteiger partial charge is 0.0809 e. The van der Waals surface area contributed by atoms with Crippen molar-refractivity contribution in [3.63, 3.8) is 0 Å². The molecule has 0 aliphatic carbocycles. The first kappa shape index (κ1) is 15.7. The average Bonchev–Trinajstić information content (AvgIpc) is 2.45. The normalized spacial score (nSPS) is 10.4. The molecule has 0 aliphatic rings. The van der Waals surface area contributed by atoms with Crippen LogP contribution in [-0.4, -0.2) is 4.98 Å². The van der Waals surface area contributed by atoms with Crippen molar-refractivity contribution >= 4 is 58.0 Å². The molecule has 102 valence electrons. The first-order valence-electron chi connectivity index (χ1n) is 5.31. The van der Waals surface area contributed by atoms with E-state index in [2.05, 4.69) is 11.1 Å². The lowest BCUT2D eigenvalue weighted by Crippen LogP contribution is -1.95. The van der Waals surface area contributed by atoms with Crippen molar-refractivity contribution < 1.29 is 0 Å². The second-order valence-corrected chi connectivity index (χ2v) is 5.68. The van der Waals surface area contributed by atoms with Crippen molar-refractivity contribution in [2.45, 2.75) is 6.42 Å². The highest BCUT2D eigenvalue weighted by Crippen LogP contribution is 2.48. The molecule has 0 saturated carbocycles. The van der Waals surface area contributed by atoms with Crippen LogP contribution in [-0.2, 0) is 6.42 Å². The number of pyridine rings is 1. The second-order valence-electron chi connectivity index (χ2n) is 3.79. The average molecular weight is 366 g/mol. The van der Waals surface area contributed by atoms with E-state index in [0.29, 0.717) is 16.8 Å². The highest BCUT2D eigenvalue weighted by molar-refractivity contribution is 6.56. The van der Waals surface area contributed by atoms with Gasteiger partial charge >= 0.3 is 0 Å². The molecule has 0 spiro atoms. The van der Waals surface area contributed by atoms with Crippen LogP contribution in [0.25, 0.3) is 11.3 Å². The van der Waals surface area contributed by atoms with Crippen molar-refractivity contribution in [3.8, 4) is 17.3 Å². The van der Waals surface area contributed by atoms with E-state index in [9.17, 15) is 0 Å². The summed E-state index contributed by atoms with van der Waals surface area (Å²) in [6, 6.07) is 5.53. The zero-order valence-corrected chi connectivity index (χ0v) is 13.5. The molecule has 2 nitrogen and oxygen atoms in total. The van der Waals surface area contributed by atoms with Crippen molar-refractivity contribution in [2.24, 2.45) is 0 Å². The fourth-order valence-electron chi connectivity index (χ4n) is 1.70. The summed E-state index contributed by atoms with van der Waals surface area (Å²) < 4.78 is 0. The second kappa shape index (κ2) is 6.39. The molecule has 0 saturated heterocycles. The number of rotatable bonds is 2. The fourth-order valence-corrected chi connectivity index (χ4v) is 3.02. The summed E-state index contributed by atoms with van der Waals surface area (Å²) in [5.41, 5.74) is 1.51. The standard InChI is InChI=1S/C13H5Cl5N2/c14-8-7(9(15)11(17)12(18)10(8)16)13-6(3-4-19)2-1-5-20-13/h1-2,5H,3H2. The maximum absolute atomic E-state index is 8.87. The van der Waals surface area contributed by atoms with Gasteiger partial charge in [0.2, 0.25) is 0 Å². The summed E-state index contributed by atoms with van der Waals surface area (Å²) >= 11 is 30.4. The minimum atomic E-state index is 0.0878. The van der Waals surface area contributed by atoms with Gasteiger partial charge in [0.05, 0.1) is 43.3 Å². The van der Waals surface area contributed by atoms with Gasteiger partial charge in [-0.25, -0.2) is 0 Å². The van der Waals surface area contributed by atoms with Gasteiger partial charge in [0.1, 0.15) is 0 Å². The first-order valence-corrected chi connectivity index (χ1v) is 7.20. The summed E-state index contributed by atoms with van der Waals surface area (Å²) in [6.07, 6.45) is 1.73. The summed E-state index contributed by atoms with van der Waals surface area (Å²) in [6.45, 7) is 0. The van der Waals surface area contributed by atoms with Crippen LogP contribution in [0.2, 0.25) is 25.1 Å². The van der Waals surface area contributed by atoms with Gasteiger partial charge < -0.3 is 0 Å². The first-order chi connectivity index (χ1) is 9.49. The molecule has 20 heavy (non-hydrogen) atoms. The summed E-state index contributed by atoms with van der Waals surface area (Å²) in [5.74, 6) is 0. The molecule has 0 amide bonds. The molecule has 0 fully saturated rings. The van der Waals surface area contributed by atoms with Crippen LogP contribution in [0.1, 0.15) is 5.56 Å². The molecule has 1 aromatic heterocycles. The quantitative estimate of drug-likeness (QED) is 0.477. The van der Waals surface area contributed by atoms with Crippen molar-refractivity contribution in [1.29, 1.82) is 5.26 Å². The minimum Gasteiger partial charge on any atom is -0.256 e. The van der Waals surface area contributed by atoms with E-state index in [-0.39, 0.29) is 31.5 Å². The number of hydrogen-bond donors (Lipinski definition) is 0. The molecule has 7 heteroatoms. The number of nitrogens with zero attached hydrogens (tertiary/aromatic N) is 2. The van der Waals surface area contributed by atoms with E-state index in [1.54, 1.807) is 18.3 Å². The highest BCUT2D eigenvalue weighted by atomic mass is 35.5. The van der Waals surface area contributed by atoms with Gasteiger partial charge in [-0.2, -0.15) is 5.26 Å². The van der Waals surface area contributed by atoms with Crippen molar-refractivity contribution in [2.75, 3.05) is 0 Å². The van der Waals surface area contributed by atoms with E-state index in [0.717, 1.165) is 0 Å². The third-order valence-corrected chi connectivity index (χ3v) is 4.88. The van der Waals surface area contributed by atoms with Gasteiger partial charge in [0, 0.05) is 11.8 Å². The van der Waals surface area contributed by atoms with Gasteiger partial charge in [-0.1, -0.05) is 64.1 Å². The topological polar surface area (TPSA) is 36.7 Å². The molecule has 0 unspecified atom stereocenters. The van der Waals surface area contributed by atoms with Gasteiger partial charge in [0.15, 0.2) is 0 Å². The molecular formula is C13H5Cl5N2. The predicted molar refractivity (Wildman–Crippen MR) is 84.0 cm³/mol. The van der Waals surface area contributed by atoms with Crippen LogP contribution in [0.15, 0.2) is 18.3 Å².